The fourth-order valence-electron chi connectivity index (χ4n) is 3.23. The average Bonchev–Trinajstić information content (AvgIpc) is 2.71. The van der Waals surface area contributed by atoms with Crippen LogP contribution in [0.1, 0.15) is 17.3 Å². The number of aliphatic imine (C=N–C) groups is 1. The maximum atomic E-state index is 13.8. The number of rotatable bonds is 3. The van der Waals surface area contributed by atoms with E-state index in [-0.39, 0.29) is 34.5 Å². The number of hydrogen-bond acceptors (Lipinski definition) is 6. The lowest BCUT2D eigenvalue weighted by molar-refractivity contribution is -0.137. The molecule has 6 nitrogen and oxygen atoms in total. The van der Waals surface area contributed by atoms with Crippen molar-refractivity contribution in [3.8, 4) is 22.8 Å². The van der Waals surface area contributed by atoms with Gasteiger partial charge in [0.05, 0.1) is 16.8 Å². The number of hydrogen-bond donors (Lipinski definition) is 2. The van der Waals surface area contributed by atoms with E-state index in [0.717, 1.165) is 12.1 Å². The van der Waals surface area contributed by atoms with Crippen molar-refractivity contribution in [3.05, 3.63) is 71.5 Å². The van der Waals surface area contributed by atoms with Crippen molar-refractivity contribution < 1.29 is 22.3 Å². The molecule has 4 rings (SSSR count). The number of nitrogens with two attached hydrogens (primary N) is 2. The van der Waals surface area contributed by atoms with E-state index >= 15 is 0 Å². The molecule has 10 heteroatoms. The summed E-state index contributed by atoms with van der Waals surface area (Å²) in [6, 6.07) is 11.6. The van der Waals surface area contributed by atoms with E-state index in [1.54, 1.807) is 13.1 Å². The van der Waals surface area contributed by atoms with Gasteiger partial charge in [-0.15, -0.1) is 0 Å². The van der Waals surface area contributed by atoms with Gasteiger partial charge >= 0.3 is 6.18 Å². The second kappa shape index (κ2) is 7.55. The van der Waals surface area contributed by atoms with E-state index in [0.29, 0.717) is 5.56 Å². The van der Waals surface area contributed by atoms with Crippen LogP contribution in [0.25, 0.3) is 11.3 Å². The first-order valence-corrected chi connectivity index (χ1v) is 9.12. The van der Waals surface area contributed by atoms with E-state index in [1.807, 2.05) is 0 Å². The highest BCUT2D eigenvalue weighted by Gasteiger charge is 2.36. The summed E-state index contributed by atoms with van der Waals surface area (Å²) >= 11 is 0. The standard InChI is InChI=1S/C21H17F4N5O/c1-30-18(26)13-8-9-15(28-19(13)29-20(30)27)17-14(21(23,24)25)6-3-7-16(17)31-12-5-2-4-11(22)10-12/h2-10,18H,26H2,1H3,(H2,27,28,29). The van der Waals surface area contributed by atoms with Crippen LogP contribution in [-0.4, -0.2) is 22.9 Å². The molecule has 0 bridgehead atoms. The molecule has 1 aromatic heterocycles. The van der Waals surface area contributed by atoms with Crippen molar-refractivity contribution in [3.63, 3.8) is 0 Å². The van der Waals surface area contributed by atoms with Crippen LogP contribution in [0, 0.1) is 5.82 Å². The SMILES string of the molecule is CN1C(N)=Nc2nc(-c3c(Oc4cccc(F)c4)cccc3C(F)(F)F)ccc2C1N. The maximum Gasteiger partial charge on any atom is 0.417 e. The van der Waals surface area contributed by atoms with Crippen LogP contribution in [0.15, 0.2) is 59.6 Å². The van der Waals surface area contributed by atoms with Gasteiger partial charge in [0, 0.05) is 18.7 Å². The molecular weight excluding hydrogens is 414 g/mol. The third-order valence-electron chi connectivity index (χ3n) is 4.83. The van der Waals surface area contributed by atoms with Gasteiger partial charge in [0.25, 0.3) is 0 Å². The van der Waals surface area contributed by atoms with Crippen LogP contribution >= 0.6 is 0 Å². The normalized spacial score (nSPS) is 16.0. The summed E-state index contributed by atoms with van der Waals surface area (Å²) in [5.41, 5.74) is 11.2. The Morgan fingerprint density at radius 2 is 1.81 bits per heavy atom. The molecule has 1 aliphatic heterocycles. The van der Waals surface area contributed by atoms with Crippen molar-refractivity contribution in [2.45, 2.75) is 12.3 Å². The second-order valence-corrected chi connectivity index (χ2v) is 6.87. The van der Waals surface area contributed by atoms with Crippen molar-refractivity contribution >= 4 is 11.8 Å². The summed E-state index contributed by atoms with van der Waals surface area (Å²) in [6.07, 6.45) is -5.33. The molecule has 1 unspecified atom stereocenters. The second-order valence-electron chi connectivity index (χ2n) is 6.87. The Morgan fingerprint density at radius 1 is 1.06 bits per heavy atom. The Labute approximate surface area is 174 Å². The molecule has 0 saturated heterocycles. The van der Waals surface area contributed by atoms with Crippen LogP contribution in [0.3, 0.4) is 0 Å². The predicted molar refractivity (Wildman–Crippen MR) is 107 cm³/mol. The lowest BCUT2D eigenvalue weighted by Gasteiger charge is -2.30. The van der Waals surface area contributed by atoms with Gasteiger partial charge in [-0.3, -0.25) is 0 Å². The molecule has 0 aliphatic carbocycles. The van der Waals surface area contributed by atoms with Gasteiger partial charge in [-0.2, -0.15) is 18.2 Å². The number of pyridine rings is 1. The third-order valence-corrected chi connectivity index (χ3v) is 4.83. The first-order valence-electron chi connectivity index (χ1n) is 9.12. The number of guanidine groups is 1. The number of benzene rings is 2. The number of aromatic nitrogens is 1. The number of ether oxygens (including phenoxy) is 1. The summed E-state index contributed by atoms with van der Waals surface area (Å²) in [7, 11) is 1.64. The minimum atomic E-state index is -4.69. The van der Waals surface area contributed by atoms with Crippen molar-refractivity contribution in [2.75, 3.05) is 7.05 Å². The summed E-state index contributed by atoms with van der Waals surface area (Å²) in [5, 5.41) is 0. The molecule has 0 radical (unpaired) electrons. The van der Waals surface area contributed by atoms with Crippen molar-refractivity contribution in [2.24, 2.45) is 16.5 Å². The zero-order valence-corrected chi connectivity index (χ0v) is 16.2. The molecular formula is C21H17F4N5O. The number of nitrogens with zero attached hydrogens (tertiary/aromatic N) is 3. The number of halogens is 4. The third kappa shape index (κ3) is 3.89. The molecule has 1 atom stereocenters. The molecule has 3 aromatic rings. The Balaban J connectivity index is 1.89. The lowest BCUT2D eigenvalue weighted by Crippen LogP contribution is -2.43. The summed E-state index contributed by atoms with van der Waals surface area (Å²) in [6.45, 7) is 0. The molecule has 31 heavy (non-hydrogen) atoms. The molecule has 4 N–H and O–H groups in total. The van der Waals surface area contributed by atoms with Crippen molar-refractivity contribution in [1.82, 2.24) is 9.88 Å². The van der Waals surface area contributed by atoms with Crippen molar-refractivity contribution in [1.29, 1.82) is 0 Å². The highest BCUT2D eigenvalue weighted by molar-refractivity contribution is 5.84. The molecule has 2 heterocycles. The maximum absolute atomic E-state index is 13.8. The van der Waals surface area contributed by atoms with Gasteiger partial charge in [-0.05, 0) is 36.4 Å². The molecule has 0 amide bonds. The first-order chi connectivity index (χ1) is 14.6. The summed E-state index contributed by atoms with van der Waals surface area (Å²) < 4.78 is 60.6. The molecule has 0 saturated carbocycles. The monoisotopic (exact) mass is 431 g/mol. The molecule has 160 valence electrons. The zero-order valence-electron chi connectivity index (χ0n) is 16.2. The topological polar surface area (TPSA) is 89.8 Å². The van der Waals surface area contributed by atoms with Crippen LogP contribution in [0.2, 0.25) is 0 Å². The van der Waals surface area contributed by atoms with Gasteiger partial charge in [-0.25, -0.2) is 9.37 Å². The summed E-state index contributed by atoms with van der Waals surface area (Å²) in [5.74, 6) is -0.466. The average molecular weight is 431 g/mol. The molecule has 2 aromatic carbocycles. The van der Waals surface area contributed by atoms with Gasteiger partial charge in [-0.1, -0.05) is 12.1 Å². The fraction of sp³-hybridized carbons (Fsp3) is 0.143. The quantitative estimate of drug-likeness (QED) is 0.594. The Hall–Kier alpha value is -3.66. The zero-order chi connectivity index (χ0) is 22.3. The van der Waals surface area contributed by atoms with Gasteiger partial charge in [0.15, 0.2) is 11.8 Å². The smallest absolute Gasteiger partial charge is 0.417 e. The fourth-order valence-corrected chi connectivity index (χ4v) is 3.23. The highest BCUT2D eigenvalue weighted by atomic mass is 19.4. The van der Waals surface area contributed by atoms with Crippen LogP contribution < -0.4 is 16.2 Å². The van der Waals surface area contributed by atoms with Gasteiger partial charge in [0.1, 0.15) is 23.5 Å². The predicted octanol–water partition coefficient (Wildman–Crippen LogP) is 4.55. The number of alkyl halides is 3. The Morgan fingerprint density at radius 3 is 2.52 bits per heavy atom. The van der Waals surface area contributed by atoms with E-state index in [4.69, 9.17) is 16.2 Å². The first kappa shape index (κ1) is 20.6. The van der Waals surface area contributed by atoms with Gasteiger partial charge in [0.2, 0.25) is 0 Å². The van der Waals surface area contributed by atoms with Gasteiger partial charge < -0.3 is 21.1 Å². The molecule has 0 spiro atoms. The van der Waals surface area contributed by atoms with Crippen LogP contribution in [0.4, 0.5) is 23.4 Å². The van der Waals surface area contributed by atoms with E-state index in [1.165, 1.54) is 41.3 Å². The molecule has 0 fully saturated rings. The van der Waals surface area contributed by atoms with Crippen LogP contribution in [0.5, 0.6) is 11.5 Å². The van der Waals surface area contributed by atoms with E-state index in [2.05, 4.69) is 9.98 Å². The van der Waals surface area contributed by atoms with E-state index < -0.39 is 23.7 Å². The number of fused-ring (bicyclic) bond motifs is 1. The minimum Gasteiger partial charge on any atom is -0.457 e. The lowest BCUT2D eigenvalue weighted by atomic mass is 10.0. The highest BCUT2D eigenvalue weighted by Crippen LogP contribution is 2.44. The largest absolute Gasteiger partial charge is 0.457 e. The minimum absolute atomic E-state index is 0.0358. The Kier molecular flexibility index (Phi) is 5.02. The van der Waals surface area contributed by atoms with Crippen LogP contribution in [-0.2, 0) is 6.18 Å². The summed E-state index contributed by atoms with van der Waals surface area (Å²) in [4.78, 5) is 9.94. The van der Waals surface area contributed by atoms with E-state index in [9.17, 15) is 17.6 Å². The molecule has 1 aliphatic rings. The Bertz CT molecular complexity index is 1180.